The van der Waals surface area contributed by atoms with Crippen LogP contribution < -0.4 is 5.32 Å². The van der Waals surface area contributed by atoms with E-state index in [1.807, 2.05) is 6.07 Å². The quantitative estimate of drug-likeness (QED) is 0.692. The molecule has 17 heavy (non-hydrogen) atoms. The van der Waals surface area contributed by atoms with Gasteiger partial charge in [0, 0.05) is 25.4 Å². The van der Waals surface area contributed by atoms with Gasteiger partial charge in [0.15, 0.2) is 11.5 Å². The predicted octanol–water partition coefficient (Wildman–Crippen LogP) is 1.41. The third kappa shape index (κ3) is 4.93. The molecule has 0 radical (unpaired) electrons. The number of hydrogen-bond donors (Lipinski definition) is 2. The van der Waals surface area contributed by atoms with E-state index < -0.39 is 5.97 Å². The molecule has 0 aliphatic carbocycles. The lowest BCUT2D eigenvalue weighted by molar-refractivity contribution is -0.137. The van der Waals surface area contributed by atoms with Crippen molar-refractivity contribution in [2.24, 2.45) is 0 Å². The minimum atomic E-state index is -0.765. The third-order valence-electron chi connectivity index (χ3n) is 2.16. The third-order valence-corrected chi connectivity index (χ3v) is 2.16. The smallest absolute Gasteiger partial charge is 0.303 e. The summed E-state index contributed by atoms with van der Waals surface area (Å²) in [5.41, 5.74) is 0.276. The Morgan fingerprint density at radius 3 is 2.82 bits per heavy atom. The van der Waals surface area contributed by atoms with Gasteiger partial charge >= 0.3 is 5.97 Å². The van der Waals surface area contributed by atoms with Gasteiger partial charge in [-0.2, -0.15) is 5.26 Å². The van der Waals surface area contributed by atoms with Crippen molar-refractivity contribution >= 4 is 11.8 Å². The fourth-order valence-corrected chi connectivity index (χ4v) is 1.33. The highest BCUT2D eigenvalue weighted by molar-refractivity contribution is 5.66. The zero-order valence-corrected chi connectivity index (χ0v) is 9.39. The molecule has 90 valence electrons. The molecule has 0 saturated carbocycles. The first-order chi connectivity index (χ1) is 8.24. The molecule has 0 unspecified atom stereocenters. The number of nitrogens with one attached hydrogen (secondary N) is 1. The van der Waals surface area contributed by atoms with Gasteiger partial charge in [-0.1, -0.05) is 6.42 Å². The highest BCUT2D eigenvalue weighted by Gasteiger charge is 2.02. The van der Waals surface area contributed by atoms with E-state index in [2.05, 4.69) is 15.3 Å². The van der Waals surface area contributed by atoms with E-state index in [-0.39, 0.29) is 12.1 Å². The van der Waals surface area contributed by atoms with Crippen molar-refractivity contribution in [3.63, 3.8) is 0 Å². The summed E-state index contributed by atoms with van der Waals surface area (Å²) in [5.74, 6) is -0.285. The van der Waals surface area contributed by atoms with Crippen LogP contribution in [0.3, 0.4) is 0 Å². The topological polar surface area (TPSA) is 98.9 Å². The molecule has 2 N–H and O–H groups in total. The van der Waals surface area contributed by atoms with Crippen LogP contribution in [0.2, 0.25) is 0 Å². The average Bonchev–Trinajstić information content (AvgIpc) is 2.33. The van der Waals surface area contributed by atoms with Crippen LogP contribution in [0.4, 0.5) is 5.82 Å². The maximum Gasteiger partial charge on any atom is 0.303 e. The highest BCUT2D eigenvalue weighted by Crippen LogP contribution is 2.07. The largest absolute Gasteiger partial charge is 0.481 e. The van der Waals surface area contributed by atoms with E-state index in [9.17, 15) is 4.79 Å². The fraction of sp³-hybridized carbons (Fsp3) is 0.455. The summed E-state index contributed by atoms with van der Waals surface area (Å²) in [4.78, 5) is 18.1. The van der Waals surface area contributed by atoms with Gasteiger partial charge in [0.1, 0.15) is 6.07 Å². The molecule has 1 aromatic heterocycles. The second-order valence-electron chi connectivity index (χ2n) is 3.50. The summed E-state index contributed by atoms with van der Waals surface area (Å²) in [6.45, 7) is 0.660. The Morgan fingerprint density at radius 2 is 2.12 bits per heavy atom. The summed E-state index contributed by atoms with van der Waals surface area (Å²) >= 11 is 0. The van der Waals surface area contributed by atoms with E-state index in [0.717, 1.165) is 12.8 Å². The Kier molecular flexibility index (Phi) is 5.44. The van der Waals surface area contributed by atoms with Gasteiger partial charge in [-0.05, 0) is 12.8 Å². The van der Waals surface area contributed by atoms with E-state index in [0.29, 0.717) is 18.8 Å². The van der Waals surface area contributed by atoms with Crippen molar-refractivity contribution in [3.8, 4) is 6.07 Å². The lowest BCUT2D eigenvalue weighted by atomic mass is 10.2. The predicted molar refractivity (Wildman–Crippen MR) is 61.3 cm³/mol. The first-order valence-electron chi connectivity index (χ1n) is 5.41. The molecule has 0 aromatic carbocycles. The second-order valence-corrected chi connectivity index (χ2v) is 3.50. The molecule has 1 aromatic rings. The van der Waals surface area contributed by atoms with Crippen molar-refractivity contribution < 1.29 is 9.90 Å². The zero-order valence-electron chi connectivity index (χ0n) is 9.39. The summed E-state index contributed by atoms with van der Waals surface area (Å²) in [7, 11) is 0. The molecule has 1 heterocycles. The number of nitriles is 1. The Balaban J connectivity index is 2.22. The van der Waals surface area contributed by atoms with Crippen LogP contribution in [0.5, 0.6) is 0 Å². The van der Waals surface area contributed by atoms with Crippen LogP contribution in [0.1, 0.15) is 31.4 Å². The number of unbranched alkanes of at least 4 members (excludes halogenated alkanes) is 2. The molecule has 0 bridgehead atoms. The number of hydrogen-bond acceptors (Lipinski definition) is 5. The number of anilines is 1. The van der Waals surface area contributed by atoms with E-state index in [4.69, 9.17) is 10.4 Å². The molecule has 1 rings (SSSR count). The van der Waals surface area contributed by atoms with Gasteiger partial charge in [0.05, 0.1) is 0 Å². The molecule has 0 saturated heterocycles. The summed E-state index contributed by atoms with van der Waals surface area (Å²) in [6.07, 6.45) is 5.54. The van der Waals surface area contributed by atoms with Gasteiger partial charge in [-0.15, -0.1) is 0 Å². The molecule has 0 aliphatic rings. The van der Waals surface area contributed by atoms with Crippen molar-refractivity contribution in [3.05, 3.63) is 18.1 Å². The van der Waals surface area contributed by atoms with E-state index in [1.165, 1.54) is 12.4 Å². The average molecular weight is 234 g/mol. The van der Waals surface area contributed by atoms with Crippen LogP contribution in [0, 0.1) is 11.3 Å². The summed E-state index contributed by atoms with van der Waals surface area (Å²) in [6, 6.07) is 1.95. The number of aliphatic carboxylic acids is 1. The molecule has 0 fully saturated rings. The molecular formula is C11H14N4O2. The van der Waals surface area contributed by atoms with Crippen LogP contribution in [0.15, 0.2) is 12.4 Å². The number of rotatable bonds is 7. The van der Waals surface area contributed by atoms with Gasteiger partial charge in [0.25, 0.3) is 0 Å². The monoisotopic (exact) mass is 234 g/mol. The van der Waals surface area contributed by atoms with Crippen molar-refractivity contribution in [1.82, 2.24) is 9.97 Å². The highest BCUT2D eigenvalue weighted by atomic mass is 16.4. The first-order valence-corrected chi connectivity index (χ1v) is 5.41. The molecule has 0 aliphatic heterocycles. The Hall–Kier alpha value is -2.16. The van der Waals surface area contributed by atoms with Crippen molar-refractivity contribution in [1.29, 1.82) is 5.26 Å². The SMILES string of the molecule is N#Cc1nccnc1NCCCCCC(=O)O. The normalized spacial score (nSPS) is 9.59. The molecule has 0 spiro atoms. The van der Waals surface area contributed by atoms with Gasteiger partial charge in [-0.3, -0.25) is 4.79 Å². The zero-order chi connectivity index (χ0) is 12.5. The van der Waals surface area contributed by atoms with E-state index >= 15 is 0 Å². The number of aromatic nitrogens is 2. The van der Waals surface area contributed by atoms with Crippen LogP contribution in [-0.4, -0.2) is 27.6 Å². The first kappa shape index (κ1) is 12.9. The van der Waals surface area contributed by atoms with E-state index in [1.54, 1.807) is 0 Å². The Morgan fingerprint density at radius 1 is 1.35 bits per heavy atom. The van der Waals surface area contributed by atoms with Gasteiger partial charge in [-0.25, -0.2) is 9.97 Å². The Labute approximate surface area is 99.3 Å². The minimum absolute atomic E-state index is 0.203. The maximum atomic E-state index is 10.3. The molecule has 0 atom stereocenters. The fourth-order valence-electron chi connectivity index (χ4n) is 1.33. The maximum absolute atomic E-state index is 10.3. The molecule has 0 amide bonds. The van der Waals surface area contributed by atoms with Crippen molar-refractivity contribution in [2.75, 3.05) is 11.9 Å². The number of carboxylic acid groups (broad SMARTS) is 1. The molecule has 6 heteroatoms. The lowest BCUT2D eigenvalue weighted by Crippen LogP contribution is -2.06. The second kappa shape index (κ2) is 7.17. The minimum Gasteiger partial charge on any atom is -0.481 e. The number of carbonyl (C=O) groups is 1. The van der Waals surface area contributed by atoms with Gasteiger partial charge in [0.2, 0.25) is 0 Å². The Bertz CT molecular complexity index is 414. The summed E-state index contributed by atoms with van der Waals surface area (Å²) in [5, 5.41) is 20.2. The van der Waals surface area contributed by atoms with Gasteiger partial charge < -0.3 is 10.4 Å². The standard InChI is InChI=1S/C11H14N4O2/c12-8-9-11(15-7-6-13-9)14-5-3-1-2-4-10(16)17/h6-7H,1-5H2,(H,14,15)(H,16,17). The number of nitrogens with zero attached hydrogens (tertiary/aromatic N) is 3. The van der Waals surface area contributed by atoms with Crippen LogP contribution in [-0.2, 0) is 4.79 Å². The molecule has 6 nitrogen and oxygen atoms in total. The summed E-state index contributed by atoms with van der Waals surface area (Å²) < 4.78 is 0. The molecular weight excluding hydrogens is 220 g/mol. The lowest BCUT2D eigenvalue weighted by Gasteiger charge is -2.05. The van der Waals surface area contributed by atoms with Crippen molar-refractivity contribution in [2.45, 2.75) is 25.7 Å². The van der Waals surface area contributed by atoms with Crippen LogP contribution in [0.25, 0.3) is 0 Å². The number of carboxylic acids is 1. The van der Waals surface area contributed by atoms with Crippen LogP contribution >= 0.6 is 0 Å².